The molecule has 148 valence electrons. The number of carbonyl (C=O) groups is 3. The molecule has 1 spiro atoms. The number of rotatable bonds is 5. The molecule has 7 nitrogen and oxygen atoms in total. The van der Waals surface area contributed by atoms with Crippen LogP contribution in [0.3, 0.4) is 0 Å². The van der Waals surface area contributed by atoms with Crippen LogP contribution in [0.5, 0.6) is 0 Å². The summed E-state index contributed by atoms with van der Waals surface area (Å²) in [5, 5.41) is 3.15. The van der Waals surface area contributed by atoms with Crippen molar-refractivity contribution in [1.29, 1.82) is 0 Å². The number of amides is 3. The first-order valence-corrected chi connectivity index (χ1v) is 10.1. The molecule has 0 N–H and O–H groups in total. The number of hydrogen-bond acceptors (Lipinski definition) is 5. The van der Waals surface area contributed by atoms with E-state index in [1.165, 1.54) is 5.01 Å². The predicted octanol–water partition coefficient (Wildman–Crippen LogP) is 3.02. The molecule has 5 rings (SSSR count). The lowest BCUT2D eigenvalue weighted by Gasteiger charge is -2.27. The fraction of sp³-hybridized carbons (Fsp3) is 0.571. The van der Waals surface area contributed by atoms with Crippen molar-refractivity contribution in [1.82, 2.24) is 14.9 Å². The number of imide groups is 1. The number of fused-ring (bicyclic) bond motifs is 4. The van der Waals surface area contributed by atoms with Crippen LogP contribution in [0.2, 0.25) is 0 Å². The smallest absolute Gasteiger partial charge is 0.411 e. The first-order chi connectivity index (χ1) is 13.4. The molecule has 28 heavy (non-hydrogen) atoms. The molecule has 3 saturated heterocycles. The number of hydrogen-bond donors (Lipinski definition) is 0. The Labute approximate surface area is 164 Å². The van der Waals surface area contributed by atoms with Gasteiger partial charge in [0.15, 0.2) is 5.66 Å². The Morgan fingerprint density at radius 2 is 1.71 bits per heavy atom. The van der Waals surface area contributed by atoms with Gasteiger partial charge in [0, 0.05) is 5.41 Å². The van der Waals surface area contributed by atoms with E-state index in [1.807, 2.05) is 5.01 Å². The summed E-state index contributed by atoms with van der Waals surface area (Å²) >= 11 is 0. The van der Waals surface area contributed by atoms with E-state index >= 15 is 0 Å². The first-order valence-electron chi connectivity index (χ1n) is 10.1. The van der Waals surface area contributed by atoms with Gasteiger partial charge < -0.3 is 4.74 Å². The zero-order chi connectivity index (χ0) is 19.8. The Kier molecular flexibility index (Phi) is 3.51. The second-order valence-corrected chi connectivity index (χ2v) is 8.92. The third kappa shape index (κ3) is 2.00. The molecular weight excluding hydrogens is 358 g/mol. The van der Waals surface area contributed by atoms with Crippen LogP contribution in [0, 0.1) is 5.41 Å². The van der Waals surface area contributed by atoms with E-state index in [0.717, 1.165) is 25.7 Å². The van der Waals surface area contributed by atoms with Gasteiger partial charge in [-0.15, -0.1) is 0 Å². The summed E-state index contributed by atoms with van der Waals surface area (Å²) in [5.74, 6) is -0.594. The molecule has 7 heteroatoms. The lowest BCUT2D eigenvalue weighted by molar-refractivity contribution is 0.0304. The third-order valence-corrected chi connectivity index (χ3v) is 6.64. The lowest BCUT2D eigenvalue weighted by Crippen LogP contribution is -2.39. The van der Waals surface area contributed by atoms with E-state index in [2.05, 4.69) is 20.8 Å². The molecular formula is C21H25N3O4. The van der Waals surface area contributed by atoms with Gasteiger partial charge in [0.05, 0.1) is 23.2 Å². The van der Waals surface area contributed by atoms with Crippen molar-refractivity contribution in [2.45, 2.75) is 64.2 Å². The molecule has 1 aromatic rings. The van der Waals surface area contributed by atoms with Crippen LogP contribution in [0.4, 0.5) is 4.79 Å². The molecule has 0 radical (unpaired) electrons. The highest BCUT2D eigenvalue weighted by Crippen LogP contribution is 2.69. The maximum atomic E-state index is 13.1. The number of unbranched alkanes of at least 4 members (excludes halogenated alkanes) is 2. The van der Waals surface area contributed by atoms with E-state index in [4.69, 9.17) is 4.74 Å². The fourth-order valence-corrected chi connectivity index (χ4v) is 5.38. The van der Waals surface area contributed by atoms with Crippen LogP contribution in [0.1, 0.15) is 67.2 Å². The number of nitrogens with zero attached hydrogens (tertiary/aromatic N) is 3. The van der Waals surface area contributed by atoms with Crippen LogP contribution >= 0.6 is 0 Å². The van der Waals surface area contributed by atoms with Gasteiger partial charge in [0.1, 0.15) is 6.61 Å². The maximum absolute atomic E-state index is 13.1. The molecule has 0 aliphatic carbocycles. The second-order valence-electron chi connectivity index (χ2n) is 8.92. The molecule has 4 heterocycles. The Balaban J connectivity index is 1.51. The zero-order valence-corrected chi connectivity index (χ0v) is 16.5. The fourth-order valence-electron chi connectivity index (χ4n) is 5.38. The number of hydrazine groups is 1. The molecule has 4 aliphatic rings. The normalized spacial score (nSPS) is 34.4. The van der Waals surface area contributed by atoms with E-state index in [-0.39, 0.29) is 35.4 Å². The van der Waals surface area contributed by atoms with Crippen molar-refractivity contribution < 1.29 is 19.1 Å². The number of carbonyl (C=O) groups excluding carboxylic acids is 3. The average molecular weight is 383 g/mol. The number of ether oxygens (including phenoxy) is 1. The SMILES string of the molecule is CCCCC[C@H]1N(N2C(=O)c3ccccc3C2=O)[C@@]12[C@@H]1N2C(=O)OCC1(C)C. The van der Waals surface area contributed by atoms with E-state index in [0.29, 0.717) is 17.7 Å². The summed E-state index contributed by atoms with van der Waals surface area (Å²) in [6.45, 7) is 6.65. The summed E-state index contributed by atoms with van der Waals surface area (Å²) in [7, 11) is 0. The zero-order valence-electron chi connectivity index (χ0n) is 16.5. The Morgan fingerprint density at radius 1 is 1.07 bits per heavy atom. The van der Waals surface area contributed by atoms with Gasteiger partial charge in [-0.1, -0.05) is 52.2 Å². The van der Waals surface area contributed by atoms with Gasteiger partial charge in [-0.2, -0.15) is 10.0 Å². The molecule has 0 aromatic heterocycles. The van der Waals surface area contributed by atoms with Crippen molar-refractivity contribution in [3.8, 4) is 0 Å². The standard InChI is InChI=1S/C21H25N3O4/c1-4-5-6-11-15-21(18-20(2,3)12-28-19(27)22(18)21)24(15)23-16(25)13-9-7-8-10-14(13)17(23)26/h7-10,15,18H,4-6,11-12H2,1-3H3/t15-,18-,21-,22?,24?/m1/s1. The van der Waals surface area contributed by atoms with E-state index < -0.39 is 5.66 Å². The molecule has 4 atom stereocenters. The van der Waals surface area contributed by atoms with Gasteiger partial charge in [0.25, 0.3) is 11.8 Å². The van der Waals surface area contributed by atoms with Crippen LogP contribution in [0.15, 0.2) is 24.3 Å². The average Bonchev–Trinajstić information content (AvgIpc) is 3.52. The Morgan fingerprint density at radius 3 is 2.29 bits per heavy atom. The van der Waals surface area contributed by atoms with Gasteiger partial charge >= 0.3 is 6.09 Å². The largest absolute Gasteiger partial charge is 0.449 e. The minimum Gasteiger partial charge on any atom is -0.449 e. The van der Waals surface area contributed by atoms with E-state index in [9.17, 15) is 14.4 Å². The molecule has 0 saturated carbocycles. The highest BCUT2D eigenvalue weighted by Gasteiger charge is 2.91. The molecule has 4 aliphatic heterocycles. The predicted molar refractivity (Wildman–Crippen MR) is 100 cm³/mol. The topological polar surface area (TPSA) is 69.7 Å². The summed E-state index contributed by atoms with van der Waals surface area (Å²) in [4.78, 5) is 40.3. The quantitative estimate of drug-likeness (QED) is 0.444. The summed E-state index contributed by atoms with van der Waals surface area (Å²) < 4.78 is 5.40. The van der Waals surface area contributed by atoms with Gasteiger partial charge in [-0.25, -0.2) is 4.79 Å². The summed E-state index contributed by atoms with van der Waals surface area (Å²) in [6, 6.07) is 6.84. The summed E-state index contributed by atoms with van der Waals surface area (Å²) in [6.07, 6.45) is 3.67. The molecule has 1 aromatic carbocycles. The summed E-state index contributed by atoms with van der Waals surface area (Å²) in [5.41, 5.74) is 0.0346. The Hall–Kier alpha value is -2.41. The number of benzene rings is 1. The van der Waals surface area contributed by atoms with Crippen LogP contribution < -0.4 is 0 Å². The second kappa shape index (κ2) is 5.56. The van der Waals surface area contributed by atoms with Crippen molar-refractivity contribution in [2.75, 3.05) is 6.61 Å². The first kappa shape index (κ1) is 17.7. The molecule has 0 bridgehead atoms. The molecule has 3 fully saturated rings. The van der Waals surface area contributed by atoms with Crippen molar-refractivity contribution >= 4 is 17.9 Å². The van der Waals surface area contributed by atoms with Crippen LogP contribution in [0.25, 0.3) is 0 Å². The van der Waals surface area contributed by atoms with Crippen LogP contribution in [-0.2, 0) is 4.74 Å². The number of cyclic esters (lactones) is 1. The molecule has 1 unspecified atom stereocenters. The van der Waals surface area contributed by atoms with Crippen LogP contribution in [-0.4, -0.2) is 57.2 Å². The minimum atomic E-state index is -0.599. The third-order valence-electron chi connectivity index (χ3n) is 6.64. The monoisotopic (exact) mass is 383 g/mol. The lowest BCUT2D eigenvalue weighted by atomic mass is 9.86. The minimum absolute atomic E-state index is 0.0313. The van der Waals surface area contributed by atoms with Gasteiger partial charge in [0.2, 0.25) is 0 Å². The van der Waals surface area contributed by atoms with Crippen molar-refractivity contribution in [3.05, 3.63) is 35.4 Å². The van der Waals surface area contributed by atoms with Gasteiger partial charge in [-0.3, -0.25) is 14.5 Å². The van der Waals surface area contributed by atoms with Crippen molar-refractivity contribution in [3.63, 3.8) is 0 Å². The van der Waals surface area contributed by atoms with Gasteiger partial charge in [-0.05, 0) is 18.6 Å². The highest BCUT2D eigenvalue weighted by molar-refractivity contribution is 6.21. The maximum Gasteiger partial charge on any atom is 0.411 e. The molecule has 3 amide bonds. The van der Waals surface area contributed by atoms with E-state index in [1.54, 1.807) is 29.2 Å². The van der Waals surface area contributed by atoms with Crippen molar-refractivity contribution in [2.24, 2.45) is 5.41 Å². The Bertz CT molecular complexity index is 862. The highest BCUT2D eigenvalue weighted by atomic mass is 16.6.